The van der Waals surface area contributed by atoms with Gasteiger partial charge in [0.2, 0.25) is 11.9 Å². The van der Waals surface area contributed by atoms with E-state index in [2.05, 4.69) is 30.2 Å². The van der Waals surface area contributed by atoms with Gasteiger partial charge in [-0.3, -0.25) is 4.90 Å². The van der Waals surface area contributed by atoms with E-state index in [1.807, 2.05) is 20.2 Å². The molecule has 0 saturated carbocycles. The van der Waals surface area contributed by atoms with E-state index in [4.69, 9.17) is 5.73 Å². The summed E-state index contributed by atoms with van der Waals surface area (Å²) in [5.74, 6) is 0.718. The molecular formula is C16H18FN7S. The summed E-state index contributed by atoms with van der Waals surface area (Å²) in [6, 6.07) is 5.93. The van der Waals surface area contributed by atoms with Crippen molar-refractivity contribution >= 4 is 28.9 Å². The maximum atomic E-state index is 13.0. The predicted molar refractivity (Wildman–Crippen MR) is 95.9 cm³/mol. The van der Waals surface area contributed by atoms with Gasteiger partial charge in [0.25, 0.3) is 0 Å². The van der Waals surface area contributed by atoms with Gasteiger partial charge in [0.05, 0.1) is 11.6 Å². The second kappa shape index (κ2) is 7.49. The number of nitrogens with two attached hydrogens (primary N) is 1. The number of aryl methyl sites for hydroxylation is 1. The van der Waals surface area contributed by atoms with Crippen molar-refractivity contribution in [1.82, 2.24) is 24.8 Å². The molecule has 0 aliphatic rings. The molecule has 7 nitrogen and oxygen atoms in total. The van der Waals surface area contributed by atoms with Crippen LogP contribution < -0.4 is 11.1 Å². The van der Waals surface area contributed by atoms with Crippen LogP contribution in [0.4, 0.5) is 22.0 Å². The first-order chi connectivity index (χ1) is 12.0. The molecule has 0 amide bonds. The van der Waals surface area contributed by atoms with E-state index in [9.17, 15) is 4.39 Å². The maximum Gasteiger partial charge on any atom is 0.232 e. The largest absolute Gasteiger partial charge is 0.368 e. The van der Waals surface area contributed by atoms with E-state index >= 15 is 0 Å². The fourth-order valence-electron chi connectivity index (χ4n) is 2.27. The number of anilines is 3. The van der Waals surface area contributed by atoms with Crippen LogP contribution in [0.2, 0.25) is 0 Å². The van der Waals surface area contributed by atoms with Crippen LogP contribution in [-0.4, -0.2) is 31.9 Å². The van der Waals surface area contributed by atoms with Gasteiger partial charge in [-0.05, 0) is 38.2 Å². The molecule has 2 heterocycles. The second-order valence-electron chi connectivity index (χ2n) is 5.58. The summed E-state index contributed by atoms with van der Waals surface area (Å²) in [5.41, 5.74) is 6.45. The third kappa shape index (κ3) is 4.91. The number of hydrogen-bond acceptors (Lipinski definition) is 8. The van der Waals surface area contributed by atoms with Crippen LogP contribution in [0.5, 0.6) is 0 Å². The minimum atomic E-state index is -0.304. The van der Waals surface area contributed by atoms with E-state index in [0.29, 0.717) is 24.0 Å². The Morgan fingerprint density at radius 1 is 1.16 bits per heavy atom. The zero-order valence-electron chi connectivity index (χ0n) is 13.9. The highest BCUT2D eigenvalue weighted by Crippen LogP contribution is 2.16. The first kappa shape index (κ1) is 17.2. The number of benzene rings is 1. The Bertz CT molecular complexity index is 850. The number of aromatic nitrogens is 4. The van der Waals surface area contributed by atoms with Crippen LogP contribution in [0.25, 0.3) is 0 Å². The first-order valence-electron chi connectivity index (χ1n) is 7.61. The molecule has 0 aliphatic heterocycles. The van der Waals surface area contributed by atoms with Gasteiger partial charge in [0, 0.05) is 23.3 Å². The number of halogens is 1. The molecule has 0 bridgehead atoms. The topological polar surface area (TPSA) is 92.9 Å². The summed E-state index contributed by atoms with van der Waals surface area (Å²) in [5, 5.41) is 4.04. The van der Waals surface area contributed by atoms with Gasteiger partial charge in [-0.2, -0.15) is 15.0 Å². The molecule has 3 N–H and O–H groups in total. The molecular weight excluding hydrogens is 341 g/mol. The van der Waals surface area contributed by atoms with Crippen LogP contribution >= 0.6 is 11.3 Å². The van der Waals surface area contributed by atoms with Crippen molar-refractivity contribution < 1.29 is 4.39 Å². The Kier molecular flexibility index (Phi) is 5.15. The first-order valence-corrected chi connectivity index (χ1v) is 8.42. The molecule has 0 saturated heterocycles. The van der Waals surface area contributed by atoms with E-state index < -0.39 is 0 Å². The Morgan fingerprint density at radius 2 is 1.92 bits per heavy atom. The SMILES string of the molecule is Cc1ncc(CN(C)Cc2nc(N)nc(Nc3ccc(F)cc3)n2)s1. The van der Waals surface area contributed by atoms with Crippen LogP contribution in [0.1, 0.15) is 15.7 Å². The number of rotatable bonds is 6. The summed E-state index contributed by atoms with van der Waals surface area (Å²) in [7, 11) is 1.97. The van der Waals surface area contributed by atoms with Gasteiger partial charge >= 0.3 is 0 Å². The quantitative estimate of drug-likeness (QED) is 0.699. The maximum absolute atomic E-state index is 13.0. The summed E-state index contributed by atoms with van der Waals surface area (Å²) >= 11 is 1.66. The Labute approximate surface area is 148 Å². The summed E-state index contributed by atoms with van der Waals surface area (Å²) in [6.07, 6.45) is 1.87. The number of nitrogen functional groups attached to an aromatic ring is 1. The number of thiazole rings is 1. The highest BCUT2D eigenvalue weighted by Gasteiger charge is 2.10. The molecule has 0 radical (unpaired) electrons. The fraction of sp³-hybridized carbons (Fsp3) is 0.250. The highest BCUT2D eigenvalue weighted by molar-refractivity contribution is 7.11. The van der Waals surface area contributed by atoms with Crippen LogP contribution in [0, 0.1) is 12.7 Å². The van der Waals surface area contributed by atoms with E-state index in [1.165, 1.54) is 17.0 Å². The van der Waals surface area contributed by atoms with Crippen molar-refractivity contribution in [2.75, 3.05) is 18.1 Å². The lowest BCUT2D eigenvalue weighted by Gasteiger charge is -2.15. The molecule has 0 aliphatic carbocycles. The lowest BCUT2D eigenvalue weighted by Crippen LogP contribution is -2.19. The summed E-state index contributed by atoms with van der Waals surface area (Å²) in [6.45, 7) is 3.24. The monoisotopic (exact) mass is 359 g/mol. The molecule has 3 aromatic rings. The molecule has 0 fully saturated rings. The zero-order chi connectivity index (χ0) is 17.8. The van der Waals surface area contributed by atoms with Gasteiger partial charge in [-0.25, -0.2) is 9.37 Å². The lowest BCUT2D eigenvalue weighted by atomic mass is 10.3. The van der Waals surface area contributed by atoms with Crippen LogP contribution in [0.15, 0.2) is 30.5 Å². The van der Waals surface area contributed by atoms with Crippen molar-refractivity contribution in [3.05, 3.63) is 52.0 Å². The molecule has 130 valence electrons. The van der Waals surface area contributed by atoms with Gasteiger partial charge in [-0.15, -0.1) is 11.3 Å². The molecule has 0 spiro atoms. The van der Waals surface area contributed by atoms with E-state index in [-0.39, 0.29) is 11.8 Å². The van der Waals surface area contributed by atoms with Crippen molar-refractivity contribution in [3.63, 3.8) is 0 Å². The van der Waals surface area contributed by atoms with Gasteiger partial charge < -0.3 is 11.1 Å². The van der Waals surface area contributed by atoms with Gasteiger partial charge in [-0.1, -0.05) is 0 Å². The van der Waals surface area contributed by atoms with Crippen molar-refractivity contribution in [2.24, 2.45) is 0 Å². The van der Waals surface area contributed by atoms with Gasteiger partial charge in [0.1, 0.15) is 11.6 Å². The number of nitrogens with one attached hydrogen (secondary N) is 1. The third-order valence-corrected chi connectivity index (χ3v) is 4.20. The molecule has 2 aromatic heterocycles. The molecule has 1 aromatic carbocycles. The Morgan fingerprint density at radius 3 is 2.60 bits per heavy atom. The summed E-state index contributed by atoms with van der Waals surface area (Å²) < 4.78 is 13.0. The highest BCUT2D eigenvalue weighted by atomic mass is 32.1. The van der Waals surface area contributed by atoms with Crippen molar-refractivity contribution in [1.29, 1.82) is 0 Å². The normalized spacial score (nSPS) is 11.0. The smallest absolute Gasteiger partial charge is 0.232 e. The van der Waals surface area contributed by atoms with Gasteiger partial charge in [0.15, 0.2) is 0 Å². The van der Waals surface area contributed by atoms with Crippen LogP contribution in [0.3, 0.4) is 0 Å². The molecule has 25 heavy (non-hydrogen) atoms. The molecule has 0 unspecified atom stereocenters. The lowest BCUT2D eigenvalue weighted by molar-refractivity contribution is 0.313. The Balaban J connectivity index is 1.69. The van der Waals surface area contributed by atoms with Crippen LogP contribution in [-0.2, 0) is 13.1 Å². The fourth-order valence-corrected chi connectivity index (χ4v) is 3.14. The average molecular weight is 359 g/mol. The standard InChI is InChI=1S/C16H18FN7S/c1-10-19-7-13(25-10)8-24(2)9-14-21-15(18)23-16(22-14)20-12-5-3-11(17)4-6-12/h3-7H,8-9H2,1-2H3,(H3,18,20,21,22,23). The van der Waals surface area contributed by atoms with E-state index in [0.717, 1.165) is 11.6 Å². The minimum Gasteiger partial charge on any atom is -0.368 e. The molecule has 9 heteroatoms. The number of hydrogen-bond donors (Lipinski definition) is 2. The molecule has 0 atom stereocenters. The predicted octanol–water partition coefficient (Wildman–Crippen LogP) is 2.73. The Hall–Kier alpha value is -2.65. The zero-order valence-corrected chi connectivity index (χ0v) is 14.7. The van der Waals surface area contributed by atoms with E-state index in [1.54, 1.807) is 23.5 Å². The molecule has 3 rings (SSSR count). The second-order valence-corrected chi connectivity index (χ2v) is 6.90. The average Bonchev–Trinajstić information content (AvgIpc) is 2.94. The van der Waals surface area contributed by atoms with Crippen molar-refractivity contribution in [2.45, 2.75) is 20.0 Å². The van der Waals surface area contributed by atoms with Crippen molar-refractivity contribution in [3.8, 4) is 0 Å². The minimum absolute atomic E-state index is 0.136. The number of nitrogens with zero attached hydrogens (tertiary/aromatic N) is 5. The third-order valence-electron chi connectivity index (χ3n) is 3.31. The summed E-state index contributed by atoms with van der Waals surface area (Å²) in [4.78, 5) is 20.1.